The smallest absolute Gasteiger partial charge is 0.338 e. The maximum absolute atomic E-state index is 13.4. The number of ether oxygens (including phenoxy) is 1. The van der Waals surface area contributed by atoms with Gasteiger partial charge in [0, 0.05) is 11.0 Å². The second-order valence-electron chi connectivity index (χ2n) is 4.91. The summed E-state index contributed by atoms with van der Waals surface area (Å²) in [5, 5.41) is 2.65. The van der Waals surface area contributed by atoms with Crippen LogP contribution in [0.5, 0.6) is 0 Å². The highest BCUT2D eigenvalue weighted by atomic mass is 79.9. The van der Waals surface area contributed by atoms with Gasteiger partial charge in [-0.2, -0.15) is 0 Å². The summed E-state index contributed by atoms with van der Waals surface area (Å²) >= 11 is 3.38. The molecule has 0 fully saturated rings. The molecule has 0 aliphatic carbocycles. The molecule has 0 aliphatic rings. The molecule has 6 heteroatoms. The van der Waals surface area contributed by atoms with Gasteiger partial charge in [0.2, 0.25) is 0 Å². The van der Waals surface area contributed by atoms with Gasteiger partial charge in [-0.15, -0.1) is 0 Å². The Hall–Kier alpha value is -2.21. The normalized spacial score (nSPS) is 10.2. The average molecular weight is 380 g/mol. The van der Waals surface area contributed by atoms with E-state index in [2.05, 4.69) is 21.2 Å². The number of aryl methyl sites for hydroxylation is 1. The Kier molecular flexibility index (Phi) is 5.87. The summed E-state index contributed by atoms with van der Waals surface area (Å²) in [7, 11) is 0. The summed E-state index contributed by atoms with van der Waals surface area (Å²) in [5.41, 5.74) is 1.42. The first kappa shape index (κ1) is 17.1. The minimum Gasteiger partial charge on any atom is -0.452 e. The summed E-state index contributed by atoms with van der Waals surface area (Å²) in [4.78, 5) is 23.5. The number of benzene rings is 2. The van der Waals surface area contributed by atoms with Gasteiger partial charge in [-0.25, -0.2) is 9.18 Å². The number of hydrogen-bond donors (Lipinski definition) is 1. The lowest BCUT2D eigenvalue weighted by atomic mass is 10.1. The van der Waals surface area contributed by atoms with Crippen LogP contribution in [0.2, 0.25) is 0 Å². The van der Waals surface area contributed by atoms with Gasteiger partial charge in [0.05, 0.1) is 5.56 Å². The van der Waals surface area contributed by atoms with Crippen molar-refractivity contribution in [3.63, 3.8) is 0 Å². The summed E-state index contributed by atoms with van der Waals surface area (Å²) in [6, 6.07) is 11.5. The standard InChI is InChI=1S/C17H15BrFNO3/c1-11-6-7-12(8-15(11)19)17(22)23-10-16(21)20-9-13-4-2-3-5-14(13)18/h2-8H,9-10H2,1H3,(H,20,21). The lowest BCUT2D eigenvalue weighted by molar-refractivity contribution is -0.124. The van der Waals surface area contributed by atoms with Crippen molar-refractivity contribution in [1.29, 1.82) is 0 Å². The van der Waals surface area contributed by atoms with Crippen molar-refractivity contribution in [2.24, 2.45) is 0 Å². The third-order valence-corrected chi connectivity index (χ3v) is 3.95. The summed E-state index contributed by atoms with van der Waals surface area (Å²) < 4.78 is 19.1. The fourth-order valence-electron chi connectivity index (χ4n) is 1.82. The Morgan fingerprint density at radius 1 is 1.22 bits per heavy atom. The van der Waals surface area contributed by atoms with Gasteiger partial charge in [-0.3, -0.25) is 4.79 Å². The molecule has 0 heterocycles. The van der Waals surface area contributed by atoms with E-state index in [9.17, 15) is 14.0 Å². The Labute approximate surface area is 141 Å². The number of hydrogen-bond acceptors (Lipinski definition) is 3. The van der Waals surface area contributed by atoms with E-state index in [0.29, 0.717) is 12.1 Å². The van der Waals surface area contributed by atoms with Gasteiger partial charge in [0.25, 0.3) is 5.91 Å². The van der Waals surface area contributed by atoms with Crippen LogP contribution in [0.25, 0.3) is 0 Å². The molecule has 0 aromatic heterocycles. The van der Waals surface area contributed by atoms with Gasteiger partial charge in [0.15, 0.2) is 6.61 Å². The van der Waals surface area contributed by atoms with Crippen molar-refractivity contribution >= 4 is 27.8 Å². The zero-order chi connectivity index (χ0) is 16.8. The Morgan fingerprint density at radius 2 is 1.96 bits per heavy atom. The van der Waals surface area contributed by atoms with Crippen LogP contribution in [0.15, 0.2) is 46.9 Å². The first-order valence-electron chi connectivity index (χ1n) is 6.91. The van der Waals surface area contributed by atoms with Crippen LogP contribution in [-0.4, -0.2) is 18.5 Å². The summed E-state index contributed by atoms with van der Waals surface area (Å²) in [5.74, 6) is -1.65. The van der Waals surface area contributed by atoms with Gasteiger partial charge in [0.1, 0.15) is 5.82 Å². The first-order chi connectivity index (χ1) is 11.0. The third-order valence-electron chi connectivity index (χ3n) is 3.18. The fraction of sp³-hybridized carbons (Fsp3) is 0.176. The second-order valence-corrected chi connectivity index (χ2v) is 5.76. The van der Waals surface area contributed by atoms with Crippen LogP contribution < -0.4 is 5.32 Å². The largest absolute Gasteiger partial charge is 0.452 e. The number of halogens is 2. The topological polar surface area (TPSA) is 55.4 Å². The Morgan fingerprint density at radius 3 is 2.65 bits per heavy atom. The van der Waals surface area contributed by atoms with E-state index in [-0.39, 0.29) is 5.56 Å². The maximum Gasteiger partial charge on any atom is 0.338 e. The van der Waals surface area contributed by atoms with E-state index in [4.69, 9.17) is 4.74 Å². The highest BCUT2D eigenvalue weighted by Crippen LogP contribution is 2.15. The molecule has 4 nitrogen and oxygen atoms in total. The van der Waals surface area contributed by atoms with Crippen molar-refractivity contribution < 1.29 is 18.7 Å². The Balaban J connectivity index is 1.83. The van der Waals surface area contributed by atoms with E-state index >= 15 is 0 Å². The third kappa shape index (κ3) is 4.89. The molecule has 0 spiro atoms. The van der Waals surface area contributed by atoms with E-state index in [1.54, 1.807) is 6.92 Å². The van der Waals surface area contributed by atoms with Crippen molar-refractivity contribution in [1.82, 2.24) is 5.32 Å². The molecule has 0 radical (unpaired) electrons. The van der Waals surface area contributed by atoms with E-state index in [1.165, 1.54) is 12.1 Å². The number of carbonyl (C=O) groups excluding carboxylic acids is 2. The molecular formula is C17H15BrFNO3. The molecule has 0 atom stereocenters. The SMILES string of the molecule is Cc1ccc(C(=O)OCC(=O)NCc2ccccc2Br)cc1F. The van der Waals surface area contributed by atoms with Crippen molar-refractivity contribution in [2.45, 2.75) is 13.5 Å². The monoisotopic (exact) mass is 379 g/mol. The number of rotatable bonds is 5. The average Bonchev–Trinajstić information content (AvgIpc) is 2.54. The van der Waals surface area contributed by atoms with E-state index in [1.807, 2.05) is 24.3 Å². The summed E-state index contributed by atoms with van der Waals surface area (Å²) in [6.07, 6.45) is 0. The van der Waals surface area contributed by atoms with Crippen LogP contribution in [0, 0.1) is 12.7 Å². The van der Waals surface area contributed by atoms with Gasteiger partial charge >= 0.3 is 5.97 Å². The zero-order valence-corrected chi connectivity index (χ0v) is 14.0. The quantitative estimate of drug-likeness (QED) is 0.810. The molecule has 0 saturated carbocycles. The Bertz CT molecular complexity index is 734. The molecule has 120 valence electrons. The van der Waals surface area contributed by atoms with Crippen molar-refractivity contribution in [3.05, 3.63) is 69.4 Å². The number of esters is 1. The van der Waals surface area contributed by atoms with E-state index in [0.717, 1.165) is 16.1 Å². The summed E-state index contributed by atoms with van der Waals surface area (Å²) in [6.45, 7) is 1.50. The van der Waals surface area contributed by atoms with Crippen molar-refractivity contribution in [2.75, 3.05) is 6.61 Å². The molecule has 2 aromatic carbocycles. The predicted molar refractivity (Wildman–Crippen MR) is 87.4 cm³/mol. The molecule has 1 amide bonds. The zero-order valence-electron chi connectivity index (χ0n) is 12.4. The van der Waals surface area contributed by atoms with Crippen LogP contribution in [0.4, 0.5) is 4.39 Å². The van der Waals surface area contributed by atoms with Crippen LogP contribution in [0.1, 0.15) is 21.5 Å². The molecule has 2 rings (SSSR count). The molecule has 0 aliphatic heterocycles. The number of amides is 1. The lowest BCUT2D eigenvalue weighted by Crippen LogP contribution is -2.28. The van der Waals surface area contributed by atoms with Crippen LogP contribution in [0.3, 0.4) is 0 Å². The second kappa shape index (κ2) is 7.87. The van der Waals surface area contributed by atoms with Crippen molar-refractivity contribution in [3.8, 4) is 0 Å². The number of carbonyl (C=O) groups is 2. The minimum atomic E-state index is -0.736. The lowest BCUT2D eigenvalue weighted by Gasteiger charge is -2.08. The van der Waals surface area contributed by atoms with Crippen LogP contribution in [-0.2, 0) is 16.1 Å². The number of nitrogens with one attached hydrogen (secondary N) is 1. The van der Waals surface area contributed by atoms with E-state index < -0.39 is 24.3 Å². The van der Waals surface area contributed by atoms with Gasteiger partial charge in [-0.1, -0.05) is 40.2 Å². The minimum absolute atomic E-state index is 0.0757. The molecule has 0 saturated heterocycles. The molecule has 0 unspecified atom stereocenters. The first-order valence-corrected chi connectivity index (χ1v) is 7.70. The molecule has 1 N–H and O–H groups in total. The van der Waals surface area contributed by atoms with Crippen LogP contribution >= 0.6 is 15.9 Å². The predicted octanol–water partition coefficient (Wildman–Crippen LogP) is 3.37. The van der Waals surface area contributed by atoms with Gasteiger partial charge in [-0.05, 0) is 36.2 Å². The highest BCUT2D eigenvalue weighted by molar-refractivity contribution is 9.10. The molecule has 2 aromatic rings. The molecular weight excluding hydrogens is 365 g/mol. The molecule has 23 heavy (non-hydrogen) atoms. The molecule has 0 bridgehead atoms. The van der Waals surface area contributed by atoms with Gasteiger partial charge < -0.3 is 10.1 Å². The maximum atomic E-state index is 13.4. The highest BCUT2D eigenvalue weighted by Gasteiger charge is 2.12. The fourth-order valence-corrected chi connectivity index (χ4v) is 2.25.